The monoisotopic (exact) mass is 253 g/mol. The van der Waals surface area contributed by atoms with Gasteiger partial charge in [-0.3, -0.25) is 0 Å². The summed E-state index contributed by atoms with van der Waals surface area (Å²) in [5.41, 5.74) is 0.344. The summed E-state index contributed by atoms with van der Waals surface area (Å²) in [5.74, 6) is 4.68. The molecule has 18 heavy (non-hydrogen) atoms. The van der Waals surface area contributed by atoms with Crippen molar-refractivity contribution in [2.45, 2.75) is 6.92 Å². The van der Waals surface area contributed by atoms with Gasteiger partial charge in [0.1, 0.15) is 0 Å². The molecule has 0 unspecified atom stereocenters. The number of hydrogen-bond acceptors (Lipinski definition) is 5. The summed E-state index contributed by atoms with van der Waals surface area (Å²) in [6.45, 7) is 1.75. The zero-order chi connectivity index (χ0) is 13.7. The van der Waals surface area contributed by atoms with Gasteiger partial charge >= 0.3 is 5.97 Å². The summed E-state index contributed by atoms with van der Waals surface area (Å²) in [5, 5.41) is 9.17. The van der Waals surface area contributed by atoms with Crippen LogP contribution in [0.25, 0.3) is 6.08 Å². The Balaban J connectivity index is 3.68. The van der Waals surface area contributed by atoms with Crippen molar-refractivity contribution in [3.05, 3.63) is 23.3 Å². The Morgan fingerprint density at radius 2 is 2.00 bits per heavy atom. The Bertz CT molecular complexity index is 482. The number of aromatic carboxylic acids is 1. The van der Waals surface area contributed by atoms with Crippen LogP contribution in [0.2, 0.25) is 0 Å². The van der Waals surface area contributed by atoms with Gasteiger partial charge < -0.3 is 19.4 Å². The van der Waals surface area contributed by atoms with Crippen LogP contribution in [0, 0.1) is 0 Å². The first kappa shape index (κ1) is 13.9. The fraction of sp³-hybridized carbons (Fsp3) is 0.250. The van der Waals surface area contributed by atoms with Crippen LogP contribution in [0.1, 0.15) is 22.8 Å². The molecule has 3 N–H and O–H groups in total. The van der Waals surface area contributed by atoms with Crippen molar-refractivity contribution in [3.63, 3.8) is 0 Å². The number of rotatable bonds is 5. The molecule has 0 saturated carbocycles. The Hall–Kier alpha value is -2.21. The molecule has 0 heterocycles. The lowest BCUT2D eigenvalue weighted by Crippen LogP contribution is -2.10. The highest BCUT2D eigenvalue weighted by Crippen LogP contribution is 2.42. The van der Waals surface area contributed by atoms with E-state index >= 15 is 0 Å². The van der Waals surface area contributed by atoms with Crippen molar-refractivity contribution < 1.29 is 24.2 Å². The second-order valence-electron chi connectivity index (χ2n) is 3.33. The van der Waals surface area contributed by atoms with E-state index in [2.05, 4.69) is 0 Å². The highest BCUT2D eigenvalue weighted by molar-refractivity contribution is 5.95. The van der Waals surface area contributed by atoms with Crippen LogP contribution in [0.15, 0.2) is 12.1 Å². The van der Waals surface area contributed by atoms with E-state index in [1.807, 2.05) is 0 Å². The van der Waals surface area contributed by atoms with Crippen LogP contribution in [0.3, 0.4) is 0 Å². The summed E-state index contributed by atoms with van der Waals surface area (Å²) < 4.78 is 10.2. The van der Waals surface area contributed by atoms with Crippen LogP contribution in [0.4, 0.5) is 0 Å². The molecule has 0 bridgehead atoms. The molecule has 0 amide bonds. The number of methoxy groups -OCH3 is 2. The Morgan fingerprint density at radius 1 is 1.33 bits per heavy atom. The Labute approximate surface area is 105 Å². The molecule has 0 aliphatic heterocycles. The zero-order valence-electron chi connectivity index (χ0n) is 10.4. The molecule has 98 valence electrons. The van der Waals surface area contributed by atoms with Crippen molar-refractivity contribution in [2.75, 3.05) is 14.2 Å². The predicted octanol–water partition coefficient (Wildman–Crippen LogP) is 1.69. The second kappa shape index (κ2) is 5.92. The predicted molar refractivity (Wildman–Crippen MR) is 66.0 cm³/mol. The van der Waals surface area contributed by atoms with Gasteiger partial charge in [0.25, 0.3) is 0 Å². The van der Waals surface area contributed by atoms with Crippen molar-refractivity contribution >= 4 is 12.0 Å². The largest absolute Gasteiger partial charge is 0.493 e. The molecule has 0 saturated heterocycles. The lowest BCUT2D eigenvalue weighted by atomic mass is 10.0. The van der Waals surface area contributed by atoms with Gasteiger partial charge in [-0.25, -0.2) is 4.79 Å². The molecule has 1 aromatic carbocycles. The van der Waals surface area contributed by atoms with Gasteiger partial charge in [0.2, 0.25) is 11.5 Å². The van der Waals surface area contributed by atoms with Gasteiger partial charge in [-0.2, -0.15) is 5.90 Å². The van der Waals surface area contributed by atoms with E-state index in [-0.39, 0.29) is 22.8 Å². The molecule has 6 heteroatoms. The molecule has 0 aliphatic carbocycles. The third kappa shape index (κ3) is 2.38. The molecule has 0 aliphatic rings. The smallest absolute Gasteiger partial charge is 0.336 e. The molecule has 0 atom stereocenters. The minimum atomic E-state index is -1.11. The quantitative estimate of drug-likeness (QED) is 0.776. The zero-order valence-corrected chi connectivity index (χ0v) is 10.4. The third-order valence-electron chi connectivity index (χ3n) is 2.35. The molecule has 1 rings (SSSR count). The molecular weight excluding hydrogens is 238 g/mol. The van der Waals surface area contributed by atoms with Crippen LogP contribution < -0.4 is 20.2 Å². The van der Waals surface area contributed by atoms with Crippen molar-refractivity contribution in [1.82, 2.24) is 0 Å². The molecule has 0 radical (unpaired) electrons. The first-order chi connectivity index (χ1) is 8.60. The minimum Gasteiger partial charge on any atom is -0.493 e. The third-order valence-corrected chi connectivity index (χ3v) is 2.35. The number of carboxylic acids is 1. The standard InChI is InChI=1S/C12H15NO5/c1-4-5-7-8(12(14)15)6-9(16-2)11(17-3)10(7)18-13/h4-6H,13H2,1-3H3,(H,14,15)/b5-4-. The summed E-state index contributed by atoms with van der Waals surface area (Å²) in [6.07, 6.45) is 3.25. The highest BCUT2D eigenvalue weighted by atomic mass is 16.6. The van der Waals surface area contributed by atoms with E-state index in [0.29, 0.717) is 5.56 Å². The maximum Gasteiger partial charge on any atom is 0.336 e. The number of allylic oxidation sites excluding steroid dienone is 1. The lowest BCUT2D eigenvalue weighted by Gasteiger charge is -2.15. The van der Waals surface area contributed by atoms with E-state index in [9.17, 15) is 4.79 Å². The summed E-state index contributed by atoms with van der Waals surface area (Å²) in [4.78, 5) is 15.9. The molecule has 1 aromatic rings. The van der Waals surface area contributed by atoms with Crippen LogP contribution in [0.5, 0.6) is 17.2 Å². The van der Waals surface area contributed by atoms with E-state index in [0.717, 1.165) is 0 Å². The average Bonchev–Trinajstić information content (AvgIpc) is 2.37. The molecule has 6 nitrogen and oxygen atoms in total. The second-order valence-corrected chi connectivity index (χ2v) is 3.33. The normalized spacial score (nSPS) is 10.4. The first-order valence-corrected chi connectivity index (χ1v) is 5.12. The van der Waals surface area contributed by atoms with Crippen molar-refractivity contribution in [1.29, 1.82) is 0 Å². The van der Waals surface area contributed by atoms with E-state index in [1.54, 1.807) is 19.1 Å². The van der Waals surface area contributed by atoms with Gasteiger partial charge in [-0.05, 0) is 13.0 Å². The van der Waals surface area contributed by atoms with E-state index in [1.165, 1.54) is 20.3 Å². The SMILES string of the molecule is C/C=C\c1c(C(=O)O)cc(OC)c(OC)c1ON. The maximum absolute atomic E-state index is 11.2. The summed E-state index contributed by atoms with van der Waals surface area (Å²) in [6, 6.07) is 1.36. The van der Waals surface area contributed by atoms with E-state index < -0.39 is 5.97 Å². The number of carboxylic acid groups (broad SMARTS) is 1. The number of ether oxygens (including phenoxy) is 2. The summed E-state index contributed by atoms with van der Waals surface area (Å²) in [7, 11) is 2.82. The van der Waals surface area contributed by atoms with Crippen LogP contribution >= 0.6 is 0 Å². The van der Waals surface area contributed by atoms with Gasteiger partial charge in [-0.15, -0.1) is 0 Å². The lowest BCUT2D eigenvalue weighted by molar-refractivity contribution is 0.0695. The maximum atomic E-state index is 11.2. The highest BCUT2D eigenvalue weighted by Gasteiger charge is 2.22. The van der Waals surface area contributed by atoms with Gasteiger partial charge in [-0.1, -0.05) is 12.2 Å². The van der Waals surface area contributed by atoms with Gasteiger partial charge in [0.15, 0.2) is 5.75 Å². The van der Waals surface area contributed by atoms with Crippen molar-refractivity contribution in [2.24, 2.45) is 5.90 Å². The minimum absolute atomic E-state index is 0.0196. The number of carbonyl (C=O) groups is 1. The summed E-state index contributed by atoms with van der Waals surface area (Å²) >= 11 is 0. The Kier molecular flexibility index (Phi) is 4.56. The van der Waals surface area contributed by atoms with Gasteiger partial charge in [0.05, 0.1) is 19.8 Å². The number of benzene rings is 1. The molecule has 0 fully saturated rings. The van der Waals surface area contributed by atoms with Crippen molar-refractivity contribution in [3.8, 4) is 17.2 Å². The molecule has 0 aromatic heterocycles. The first-order valence-electron chi connectivity index (χ1n) is 5.12. The number of hydrogen-bond donors (Lipinski definition) is 2. The molecule has 0 spiro atoms. The van der Waals surface area contributed by atoms with E-state index in [4.69, 9.17) is 25.3 Å². The van der Waals surface area contributed by atoms with Crippen LogP contribution in [-0.4, -0.2) is 25.3 Å². The Morgan fingerprint density at radius 3 is 2.39 bits per heavy atom. The molecular formula is C12H15NO5. The fourth-order valence-electron chi connectivity index (χ4n) is 1.60. The van der Waals surface area contributed by atoms with Gasteiger partial charge in [0, 0.05) is 5.56 Å². The number of nitrogens with two attached hydrogens (primary N) is 1. The topological polar surface area (TPSA) is 91.0 Å². The average molecular weight is 253 g/mol. The fourth-order valence-corrected chi connectivity index (χ4v) is 1.60. The van der Waals surface area contributed by atoms with Crippen LogP contribution in [-0.2, 0) is 0 Å².